The molecule has 1 heterocycles. The van der Waals surface area contributed by atoms with Crippen molar-refractivity contribution < 1.29 is 9.90 Å². The molecule has 0 fully saturated rings. The van der Waals surface area contributed by atoms with Crippen LogP contribution >= 0.6 is 11.8 Å². The molecule has 1 unspecified atom stereocenters. The number of hydrogen-bond acceptors (Lipinski definition) is 4. The number of carbonyl (C=O) groups is 1. The highest BCUT2D eigenvalue weighted by molar-refractivity contribution is 8.00. The second-order valence-corrected chi connectivity index (χ2v) is 7.20. The van der Waals surface area contributed by atoms with E-state index in [0.29, 0.717) is 11.0 Å². The van der Waals surface area contributed by atoms with Gasteiger partial charge in [0.05, 0.1) is 0 Å². The third kappa shape index (κ3) is 3.85. The maximum absolute atomic E-state index is 10.8. The first-order chi connectivity index (χ1) is 9.77. The number of carboxylic acid groups (broad SMARTS) is 1. The lowest BCUT2D eigenvalue weighted by Crippen LogP contribution is -2.11. The van der Waals surface area contributed by atoms with Gasteiger partial charge in [0.25, 0.3) is 0 Å². The number of rotatable bonds is 4. The zero-order valence-electron chi connectivity index (χ0n) is 12.5. The van der Waals surface area contributed by atoms with E-state index >= 15 is 0 Å². The smallest absolute Gasteiger partial charge is 0.316 e. The molecule has 0 aliphatic heterocycles. The van der Waals surface area contributed by atoms with Crippen LogP contribution in [-0.4, -0.2) is 31.5 Å². The topological polar surface area (TPSA) is 78.9 Å². The molecule has 0 bridgehead atoms. The molecule has 1 atom stereocenters. The fraction of sp³-hybridized carbons (Fsp3) is 0.400. The van der Waals surface area contributed by atoms with Crippen molar-refractivity contribution >= 4 is 17.7 Å². The third-order valence-electron chi connectivity index (χ3n) is 3.12. The van der Waals surface area contributed by atoms with Crippen molar-refractivity contribution in [3.05, 3.63) is 29.8 Å². The second-order valence-electron chi connectivity index (χ2n) is 5.89. The Hall–Kier alpha value is -1.82. The van der Waals surface area contributed by atoms with Crippen LogP contribution in [-0.2, 0) is 10.2 Å². The van der Waals surface area contributed by atoms with Gasteiger partial charge in [-0.3, -0.25) is 9.89 Å². The lowest BCUT2D eigenvalue weighted by Gasteiger charge is -2.18. The predicted octanol–water partition coefficient (Wildman–Crippen LogP) is 3.33. The number of aromatic amines is 1. The summed E-state index contributed by atoms with van der Waals surface area (Å²) < 4.78 is 0. The van der Waals surface area contributed by atoms with Crippen molar-refractivity contribution in [2.45, 2.75) is 43.5 Å². The molecule has 112 valence electrons. The number of H-pyrrole nitrogens is 1. The maximum atomic E-state index is 10.8. The highest BCUT2D eigenvalue weighted by atomic mass is 32.2. The van der Waals surface area contributed by atoms with E-state index in [9.17, 15) is 4.79 Å². The summed E-state index contributed by atoms with van der Waals surface area (Å²) in [6.07, 6.45) is 0. The first kappa shape index (κ1) is 15.6. The van der Waals surface area contributed by atoms with Gasteiger partial charge in [-0.15, -0.1) is 5.10 Å². The quantitative estimate of drug-likeness (QED) is 0.847. The Bertz CT molecular complexity index is 629. The van der Waals surface area contributed by atoms with Gasteiger partial charge in [0.15, 0.2) is 5.82 Å². The van der Waals surface area contributed by atoms with Crippen LogP contribution in [0, 0.1) is 0 Å². The van der Waals surface area contributed by atoms with Gasteiger partial charge in [0.2, 0.25) is 5.16 Å². The summed E-state index contributed by atoms with van der Waals surface area (Å²) in [5, 5.41) is 15.7. The molecular formula is C15H19N3O2S. The van der Waals surface area contributed by atoms with Crippen LogP contribution in [0.4, 0.5) is 0 Å². The largest absolute Gasteiger partial charge is 0.480 e. The van der Waals surface area contributed by atoms with Crippen molar-refractivity contribution in [2.75, 3.05) is 0 Å². The molecule has 0 amide bonds. The van der Waals surface area contributed by atoms with Crippen LogP contribution in [0.3, 0.4) is 0 Å². The molecule has 0 saturated carbocycles. The minimum atomic E-state index is -0.874. The normalized spacial score (nSPS) is 13.1. The van der Waals surface area contributed by atoms with Crippen LogP contribution in [0.25, 0.3) is 11.4 Å². The zero-order chi connectivity index (χ0) is 15.6. The molecule has 2 rings (SSSR count). The van der Waals surface area contributed by atoms with Gasteiger partial charge in [-0.25, -0.2) is 4.98 Å². The zero-order valence-corrected chi connectivity index (χ0v) is 13.4. The summed E-state index contributed by atoms with van der Waals surface area (Å²) in [7, 11) is 0. The standard InChI is InChI=1S/C15H19N3O2S/c1-9(13(19)20)21-14-16-12(17-18-14)10-5-7-11(8-6-10)15(2,3)4/h5-9H,1-4H3,(H,19,20)(H,16,17,18). The van der Waals surface area contributed by atoms with E-state index in [2.05, 4.69) is 48.1 Å². The summed E-state index contributed by atoms with van der Waals surface area (Å²) in [6, 6.07) is 8.14. The van der Waals surface area contributed by atoms with Crippen LogP contribution in [0.5, 0.6) is 0 Å². The minimum absolute atomic E-state index is 0.109. The molecule has 0 spiro atoms. The van der Waals surface area contributed by atoms with Crippen LogP contribution in [0.15, 0.2) is 29.4 Å². The first-order valence-electron chi connectivity index (χ1n) is 6.70. The van der Waals surface area contributed by atoms with Gasteiger partial charge in [0, 0.05) is 5.56 Å². The Morgan fingerprint density at radius 1 is 1.29 bits per heavy atom. The van der Waals surface area contributed by atoms with Crippen molar-refractivity contribution in [1.82, 2.24) is 15.2 Å². The molecule has 1 aromatic heterocycles. The van der Waals surface area contributed by atoms with E-state index < -0.39 is 11.2 Å². The molecule has 0 saturated heterocycles. The number of aromatic nitrogens is 3. The molecule has 2 N–H and O–H groups in total. The van der Waals surface area contributed by atoms with Gasteiger partial charge in [-0.05, 0) is 17.9 Å². The monoisotopic (exact) mass is 305 g/mol. The molecular weight excluding hydrogens is 286 g/mol. The number of nitrogens with zero attached hydrogens (tertiary/aromatic N) is 2. The third-order valence-corrected chi connectivity index (χ3v) is 4.07. The van der Waals surface area contributed by atoms with Crippen molar-refractivity contribution in [3.8, 4) is 11.4 Å². The summed E-state index contributed by atoms with van der Waals surface area (Å²) in [6.45, 7) is 8.11. The number of aliphatic carboxylic acids is 1. The van der Waals surface area contributed by atoms with Gasteiger partial charge >= 0.3 is 5.97 Å². The van der Waals surface area contributed by atoms with E-state index in [1.165, 1.54) is 5.56 Å². The summed E-state index contributed by atoms with van der Waals surface area (Å²) in [5.74, 6) is -0.226. The lowest BCUT2D eigenvalue weighted by atomic mass is 9.87. The summed E-state index contributed by atoms with van der Waals surface area (Å²) in [5.41, 5.74) is 2.29. The molecule has 6 heteroatoms. The van der Waals surface area contributed by atoms with Crippen molar-refractivity contribution in [2.24, 2.45) is 0 Å². The highest BCUT2D eigenvalue weighted by Gasteiger charge is 2.17. The highest BCUT2D eigenvalue weighted by Crippen LogP contribution is 2.26. The average molecular weight is 305 g/mol. The van der Waals surface area contributed by atoms with Crippen LogP contribution < -0.4 is 0 Å². The van der Waals surface area contributed by atoms with Gasteiger partial charge in [-0.2, -0.15) is 0 Å². The molecule has 0 radical (unpaired) electrons. The molecule has 0 aliphatic carbocycles. The van der Waals surface area contributed by atoms with E-state index in [1.54, 1.807) is 6.92 Å². The van der Waals surface area contributed by atoms with Gasteiger partial charge < -0.3 is 5.11 Å². The molecule has 5 nitrogen and oxygen atoms in total. The fourth-order valence-corrected chi connectivity index (χ4v) is 2.42. The summed E-state index contributed by atoms with van der Waals surface area (Å²) in [4.78, 5) is 15.2. The van der Waals surface area contributed by atoms with E-state index in [4.69, 9.17) is 5.11 Å². The maximum Gasteiger partial charge on any atom is 0.316 e. The van der Waals surface area contributed by atoms with Gasteiger partial charge in [-0.1, -0.05) is 56.8 Å². The molecule has 0 aliphatic rings. The van der Waals surface area contributed by atoms with Gasteiger partial charge in [0.1, 0.15) is 5.25 Å². The second kappa shape index (κ2) is 5.89. The number of hydrogen-bond donors (Lipinski definition) is 2. The number of carboxylic acids is 1. The molecule has 1 aromatic carbocycles. The Morgan fingerprint density at radius 2 is 1.90 bits per heavy atom. The summed E-state index contributed by atoms with van der Waals surface area (Å²) >= 11 is 1.12. The number of nitrogens with one attached hydrogen (secondary N) is 1. The Labute approximate surface area is 128 Å². The fourth-order valence-electron chi connectivity index (χ4n) is 1.76. The molecule has 21 heavy (non-hydrogen) atoms. The van der Waals surface area contributed by atoms with Crippen LogP contribution in [0.1, 0.15) is 33.3 Å². The SMILES string of the molecule is CC(Sc1n[nH]c(-c2ccc(C(C)(C)C)cc2)n1)C(=O)O. The van der Waals surface area contributed by atoms with Crippen molar-refractivity contribution in [3.63, 3.8) is 0 Å². The lowest BCUT2D eigenvalue weighted by molar-refractivity contribution is -0.136. The van der Waals surface area contributed by atoms with Crippen molar-refractivity contribution in [1.29, 1.82) is 0 Å². The van der Waals surface area contributed by atoms with Crippen LogP contribution in [0.2, 0.25) is 0 Å². The van der Waals surface area contributed by atoms with E-state index in [-0.39, 0.29) is 5.41 Å². The van der Waals surface area contributed by atoms with E-state index in [1.807, 2.05) is 12.1 Å². The molecule has 2 aromatic rings. The average Bonchev–Trinajstić information content (AvgIpc) is 2.86. The Balaban J connectivity index is 2.16. The minimum Gasteiger partial charge on any atom is -0.480 e. The predicted molar refractivity (Wildman–Crippen MR) is 83.5 cm³/mol. The van der Waals surface area contributed by atoms with E-state index in [0.717, 1.165) is 17.3 Å². The first-order valence-corrected chi connectivity index (χ1v) is 7.58. The number of benzene rings is 1. The Morgan fingerprint density at radius 3 is 2.43 bits per heavy atom. The number of thioether (sulfide) groups is 1. The Kier molecular flexibility index (Phi) is 4.37.